The number of methoxy groups -OCH3 is 2. The van der Waals surface area contributed by atoms with Gasteiger partial charge in [-0.15, -0.1) is 0 Å². The minimum Gasteiger partial charge on any atom is -0.495 e. The van der Waals surface area contributed by atoms with E-state index in [1.807, 2.05) is 0 Å². The van der Waals surface area contributed by atoms with Crippen molar-refractivity contribution in [3.05, 3.63) is 46.5 Å². The predicted octanol–water partition coefficient (Wildman–Crippen LogP) is 3.18. The minimum atomic E-state index is -1.83. The number of alkyl carbamates (subject to hydrolysis) is 1. The van der Waals surface area contributed by atoms with Gasteiger partial charge in [-0.25, -0.2) is 4.79 Å². The molecule has 4 rings (SSSR count). The number of esters is 1. The predicted molar refractivity (Wildman–Crippen MR) is 156 cm³/mol. The number of rotatable bonds is 3. The Bertz CT molecular complexity index is 1330. The van der Waals surface area contributed by atoms with Crippen LogP contribution in [-0.4, -0.2) is 85.2 Å². The number of ether oxygens (including phenoxy) is 5. The molecule has 0 radical (unpaired) electrons. The molecule has 236 valence electrons. The lowest BCUT2D eigenvalue weighted by Crippen LogP contribution is -2.63. The molecule has 1 aromatic rings. The molecule has 3 heterocycles. The minimum absolute atomic E-state index is 0.0476. The van der Waals surface area contributed by atoms with Crippen molar-refractivity contribution < 1.29 is 48.3 Å². The van der Waals surface area contributed by atoms with E-state index in [-0.39, 0.29) is 29.3 Å². The van der Waals surface area contributed by atoms with Crippen molar-refractivity contribution in [2.75, 3.05) is 26.2 Å². The fourth-order valence-corrected chi connectivity index (χ4v) is 6.10. The highest BCUT2D eigenvalue weighted by atomic mass is 35.5. The number of carbonyl (C=O) groups excluding carboxylic acids is 3. The van der Waals surface area contributed by atoms with Crippen LogP contribution >= 0.6 is 11.6 Å². The zero-order chi connectivity index (χ0) is 31.9. The third-order valence-corrected chi connectivity index (χ3v) is 8.84. The Labute approximate surface area is 255 Å². The third kappa shape index (κ3) is 6.53. The standard InChI is InChI=1S/C30H39ClN2O10/c1-15-9-8-10-22(40-7)30(38)14-21(42-28(37)32-30)16(2)27-29(4,43-27)23(41-17(3)34)13-24(35)33(5)19-11-18(26(15)36)12-20(39-6)25(19)31/h8-12,16,21-23,26-27,36,38H,13-14H2,1-7H3,(H,32,37)/b10-8+,15-9+/t16?,21?,22?,23?,26-,27?,29?,30?/m0/s1. The van der Waals surface area contributed by atoms with Crippen molar-refractivity contribution in [1.29, 1.82) is 0 Å². The summed E-state index contributed by atoms with van der Waals surface area (Å²) in [5.74, 6) is -1.27. The molecular formula is C30H39ClN2O10. The average molecular weight is 623 g/mol. The summed E-state index contributed by atoms with van der Waals surface area (Å²) in [5.41, 5.74) is -1.73. The molecule has 12 nitrogen and oxygen atoms in total. The van der Waals surface area contributed by atoms with Crippen LogP contribution < -0.4 is 15.0 Å². The zero-order valence-corrected chi connectivity index (χ0v) is 26.0. The van der Waals surface area contributed by atoms with Gasteiger partial charge in [-0.1, -0.05) is 36.8 Å². The maximum atomic E-state index is 13.6. The number of aliphatic hydroxyl groups is 2. The molecule has 0 spiro atoms. The lowest BCUT2D eigenvalue weighted by atomic mass is 9.83. The first-order chi connectivity index (χ1) is 20.1. The van der Waals surface area contributed by atoms with Crippen LogP contribution in [0, 0.1) is 5.92 Å². The Hall–Kier alpha value is -3.16. The largest absolute Gasteiger partial charge is 0.495 e. The fraction of sp³-hybridized carbons (Fsp3) is 0.567. The SMILES string of the molecule is COc1cc2cc(c1Cl)N(C)C(=O)CC(OC(C)=O)C1(C)OC1C(C)C1CC(O)(NC(=O)O1)C(OC)/C=C/C=C(\C)[C@@H]2O. The molecule has 13 heteroatoms. The highest BCUT2D eigenvalue weighted by molar-refractivity contribution is 6.35. The number of fused-ring (bicyclic) bond motifs is 5. The summed E-state index contributed by atoms with van der Waals surface area (Å²) in [6.45, 7) is 6.45. The molecule has 2 saturated heterocycles. The number of hydrogen-bond acceptors (Lipinski definition) is 10. The second-order valence-corrected chi connectivity index (χ2v) is 11.8. The summed E-state index contributed by atoms with van der Waals surface area (Å²) in [6.07, 6.45) is -0.825. The maximum absolute atomic E-state index is 13.6. The number of nitrogens with one attached hydrogen (secondary N) is 1. The van der Waals surface area contributed by atoms with E-state index < -0.39 is 65.7 Å². The molecule has 7 unspecified atom stereocenters. The van der Waals surface area contributed by atoms with Gasteiger partial charge in [0.25, 0.3) is 0 Å². The molecule has 1 aromatic carbocycles. The molecular weight excluding hydrogens is 584 g/mol. The van der Waals surface area contributed by atoms with E-state index in [9.17, 15) is 24.6 Å². The summed E-state index contributed by atoms with van der Waals surface area (Å²) in [5, 5.41) is 25.3. The number of nitrogens with zero attached hydrogens (tertiary/aromatic N) is 1. The molecule has 3 aliphatic rings. The lowest BCUT2D eigenvalue weighted by Gasteiger charge is -2.42. The number of epoxide rings is 1. The van der Waals surface area contributed by atoms with E-state index >= 15 is 0 Å². The highest BCUT2D eigenvalue weighted by Crippen LogP contribution is 2.49. The average Bonchev–Trinajstić information content (AvgIpc) is 3.64. The highest BCUT2D eigenvalue weighted by Gasteiger charge is 2.64. The molecule has 2 fully saturated rings. The molecule has 43 heavy (non-hydrogen) atoms. The van der Waals surface area contributed by atoms with E-state index in [2.05, 4.69) is 5.32 Å². The number of anilines is 1. The number of amides is 2. The molecule has 2 amide bonds. The molecule has 0 saturated carbocycles. The van der Waals surface area contributed by atoms with Crippen LogP contribution in [0.4, 0.5) is 10.5 Å². The van der Waals surface area contributed by atoms with Crippen LogP contribution in [0.2, 0.25) is 5.02 Å². The van der Waals surface area contributed by atoms with Crippen LogP contribution in [0.25, 0.3) is 0 Å². The van der Waals surface area contributed by atoms with Gasteiger partial charge in [0.2, 0.25) is 5.91 Å². The second kappa shape index (κ2) is 12.4. The molecule has 0 aromatic heterocycles. The molecule has 8 atom stereocenters. The van der Waals surface area contributed by atoms with Gasteiger partial charge in [0, 0.05) is 33.4 Å². The Morgan fingerprint density at radius 3 is 2.58 bits per heavy atom. The molecule has 4 bridgehead atoms. The van der Waals surface area contributed by atoms with Gasteiger partial charge in [0.05, 0.1) is 25.3 Å². The van der Waals surface area contributed by atoms with Crippen LogP contribution in [0.1, 0.15) is 52.2 Å². The van der Waals surface area contributed by atoms with Crippen molar-refractivity contribution in [2.45, 2.75) is 82.4 Å². The Morgan fingerprint density at radius 1 is 1.26 bits per heavy atom. The van der Waals surface area contributed by atoms with E-state index in [4.69, 9.17) is 35.3 Å². The normalized spacial score (nSPS) is 36.8. The number of aliphatic hydroxyl groups excluding tert-OH is 1. The van der Waals surface area contributed by atoms with Crippen molar-refractivity contribution in [3.63, 3.8) is 0 Å². The first-order valence-corrected chi connectivity index (χ1v) is 14.3. The van der Waals surface area contributed by atoms with E-state index in [1.54, 1.807) is 51.1 Å². The lowest BCUT2D eigenvalue weighted by molar-refractivity contribution is -0.151. The fourth-order valence-electron chi connectivity index (χ4n) is 5.79. The summed E-state index contributed by atoms with van der Waals surface area (Å²) >= 11 is 6.61. The van der Waals surface area contributed by atoms with Crippen molar-refractivity contribution >= 4 is 35.3 Å². The van der Waals surface area contributed by atoms with Crippen LogP contribution in [0.3, 0.4) is 0 Å². The zero-order valence-electron chi connectivity index (χ0n) is 25.3. The number of allylic oxidation sites excluding steroid dienone is 2. The van der Waals surface area contributed by atoms with Gasteiger partial charge < -0.3 is 38.8 Å². The topological polar surface area (TPSA) is 156 Å². The third-order valence-electron chi connectivity index (χ3n) is 8.46. The summed E-state index contributed by atoms with van der Waals surface area (Å²) < 4.78 is 28.2. The number of hydrogen-bond donors (Lipinski definition) is 3. The summed E-state index contributed by atoms with van der Waals surface area (Å²) in [7, 11) is 4.34. The maximum Gasteiger partial charge on any atom is 0.409 e. The quantitative estimate of drug-likeness (QED) is 0.338. The van der Waals surface area contributed by atoms with Gasteiger partial charge in [0.15, 0.2) is 5.72 Å². The van der Waals surface area contributed by atoms with Gasteiger partial charge in [-0.2, -0.15) is 0 Å². The van der Waals surface area contributed by atoms with Crippen LogP contribution in [0.5, 0.6) is 5.75 Å². The number of benzene rings is 1. The smallest absolute Gasteiger partial charge is 0.409 e. The second-order valence-electron chi connectivity index (χ2n) is 11.4. The number of carbonyl (C=O) groups is 3. The Kier molecular flexibility index (Phi) is 9.48. The van der Waals surface area contributed by atoms with Gasteiger partial charge in [-0.05, 0) is 37.1 Å². The van der Waals surface area contributed by atoms with E-state index in [0.717, 1.165) is 0 Å². The summed E-state index contributed by atoms with van der Waals surface area (Å²) in [4.78, 5) is 39.7. The Morgan fingerprint density at radius 2 is 1.95 bits per heavy atom. The monoisotopic (exact) mass is 622 g/mol. The molecule has 3 N–H and O–H groups in total. The van der Waals surface area contributed by atoms with E-state index in [0.29, 0.717) is 11.1 Å². The molecule has 0 aliphatic carbocycles. The van der Waals surface area contributed by atoms with Crippen LogP contribution in [0.15, 0.2) is 35.9 Å². The Balaban J connectivity index is 1.82. The van der Waals surface area contributed by atoms with Crippen LogP contribution in [-0.2, 0) is 28.5 Å². The molecule has 3 aliphatic heterocycles. The van der Waals surface area contributed by atoms with Gasteiger partial charge in [-0.3, -0.25) is 14.9 Å². The van der Waals surface area contributed by atoms with Crippen molar-refractivity contribution in [1.82, 2.24) is 5.32 Å². The van der Waals surface area contributed by atoms with E-state index in [1.165, 1.54) is 33.1 Å². The summed E-state index contributed by atoms with van der Waals surface area (Å²) in [6, 6.07) is 3.16. The van der Waals surface area contributed by atoms with Gasteiger partial charge in [0.1, 0.15) is 40.8 Å². The first kappa shape index (κ1) is 32.7. The van der Waals surface area contributed by atoms with Crippen molar-refractivity contribution in [2.24, 2.45) is 5.92 Å². The number of halogens is 1. The van der Waals surface area contributed by atoms with Crippen molar-refractivity contribution in [3.8, 4) is 5.75 Å². The van der Waals surface area contributed by atoms with Gasteiger partial charge >= 0.3 is 12.1 Å². The first-order valence-electron chi connectivity index (χ1n) is 13.9.